The van der Waals surface area contributed by atoms with Crippen molar-refractivity contribution in [1.82, 2.24) is 0 Å². The van der Waals surface area contributed by atoms with E-state index >= 15 is 0 Å². The van der Waals surface area contributed by atoms with Gasteiger partial charge in [0.25, 0.3) is 0 Å². The average molecular weight is 290 g/mol. The molecule has 0 spiro atoms. The SMILES string of the molecule is CC/C=C/C/C=C/C/C=C/C/C=C/CCCCC(=O)OC. The van der Waals surface area contributed by atoms with Crippen LogP contribution in [0, 0.1) is 0 Å². The summed E-state index contributed by atoms with van der Waals surface area (Å²) < 4.78 is 4.59. The highest BCUT2D eigenvalue weighted by Crippen LogP contribution is 2.02. The molecule has 0 aliphatic rings. The molecule has 0 radical (unpaired) electrons. The van der Waals surface area contributed by atoms with Crippen LogP contribution in [0.2, 0.25) is 0 Å². The lowest BCUT2D eigenvalue weighted by Gasteiger charge is -1.96. The van der Waals surface area contributed by atoms with Crippen molar-refractivity contribution in [3.05, 3.63) is 48.6 Å². The van der Waals surface area contributed by atoms with Crippen LogP contribution in [0.15, 0.2) is 48.6 Å². The fourth-order valence-electron chi connectivity index (χ4n) is 1.73. The highest BCUT2D eigenvalue weighted by Gasteiger charge is 1.97. The lowest BCUT2D eigenvalue weighted by Crippen LogP contribution is -1.98. The van der Waals surface area contributed by atoms with Gasteiger partial charge in [0, 0.05) is 6.42 Å². The molecule has 0 aliphatic heterocycles. The lowest BCUT2D eigenvalue weighted by atomic mass is 10.2. The Morgan fingerprint density at radius 3 is 1.86 bits per heavy atom. The number of hydrogen-bond acceptors (Lipinski definition) is 2. The summed E-state index contributed by atoms with van der Waals surface area (Å²) in [5, 5.41) is 0. The number of unbranched alkanes of at least 4 members (excludes halogenated alkanes) is 2. The van der Waals surface area contributed by atoms with Crippen molar-refractivity contribution in [3.8, 4) is 0 Å². The van der Waals surface area contributed by atoms with Gasteiger partial charge < -0.3 is 4.74 Å². The second-order valence-electron chi connectivity index (χ2n) is 4.82. The van der Waals surface area contributed by atoms with E-state index in [9.17, 15) is 4.79 Å². The van der Waals surface area contributed by atoms with Crippen molar-refractivity contribution in [1.29, 1.82) is 0 Å². The molecule has 0 aromatic carbocycles. The monoisotopic (exact) mass is 290 g/mol. The molecule has 2 nitrogen and oxygen atoms in total. The van der Waals surface area contributed by atoms with Crippen LogP contribution in [0.5, 0.6) is 0 Å². The molecule has 0 heterocycles. The molecule has 0 N–H and O–H groups in total. The quantitative estimate of drug-likeness (QED) is 0.268. The van der Waals surface area contributed by atoms with Gasteiger partial charge in [-0.2, -0.15) is 0 Å². The number of rotatable bonds is 12. The first-order chi connectivity index (χ1) is 10.3. The van der Waals surface area contributed by atoms with E-state index in [1.807, 2.05) is 0 Å². The van der Waals surface area contributed by atoms with Crippen LogP contribution < -0.4 is 0 Å². The second kappa shape index (κ2) is 16.5. The molecular formula is C19H30O2. The molecule has 0 aliphatic carbocycles. The third-order valence-corrected chi connectivity index (χ3v) is 2.95. The van der Waals surface area contributed by atoms with Crippen LogP contribution in [-0.2, 0) is 9.53 Å². The largest absolute Gasteiger partial charge is 0.469 e. The molecule has 0 atom stereocenters. The second-order valence-corrected chi connectivity index (χ2v) is 4.82. The van der Waals surface area contributed by atoms with Crippen molar-refractivity contribution in [2.45, 2.75) is 58.3 Å². The van der Waals surface area contributed by atoms with Crippen molar-refractivity contribution < 1.29 is 9.53 Å². The summed E-state index contributed by atoms with van der Waals surface area (Å²) in [7, 11) is 1.44. The van der Waals surface area contributed by atoms with Gasteiger partial charge in [0.05, 0.1) is 7.11 Å². The van der Waals surface area contributed by atoms with Crippen molar-refractivity contribution in [2.24, 2.45) is 0 Å². The van der Waals surface area contributed by atoms with E-state index in [0.717, 1.165) is 44.9 Å². The summed E-state index contributed by atoms with van der Waals surface area (Å²) in [5.74, 6) is -0.111. The molecule has 2 heteroatoms. The summed E-state index contributed by atoms with van der Waals surface area (Å²) in [5.41, 5.74) is 0. The number of methoxy groups -OCH3 is 1. The van der Waals surface area contributed by atoms with E-state index in [4.69, 9.17) is 0 Å². The smallest absolute Gasteiger partial charge is 0.305 e. The first kappa shape index (κ1) is 19.4. The number of allylic oxidation sites excluding steroid dienone is 8. The van der Waals surface area contributed by atoms with Gasteiger partial charge in [-0.25, -0.2) is 0 Å². The van der Waals surface area contributed by atoms with Gasteiger partial charge >= 0.3 is 5.97 Å². The van der Waals surface area contributed by atoms with Crippen LogP contribution >= 0.6 is 0 Å². The zero-order valence-electron chi connectivity index (χ0n) is 13.6. The summed E-state index contributed by atoms with van der Waals surface area (Å²) in [6, 6.07) is 0. The highest BCUT2D eigenvalue weighted by atomic mass is 16.5. The number of ether oxygens (including phenoxy) is 1. The summed E-state index contributed by atoms with van der Waals surface area (Å²) in [6.07, 6.45) is 25.2. The molecule has 0 saturated heterocycles. The Balaban J connectivity index is 3.40. The fraction of sp³-hybridized carbons (Fsp3) is 0.526. The maximum atomic E-state index is 10.9. The number of carbonyl (C=O) groups is 1. The Kier molecular flexibility index (Phi) is 15.3. The zero-order valence-corrected chi connectivity index (χ0v) is 13.6. The molecule has 0 amide bonds. The first-order valence-electron chi connectivity index (χ1n) is 7.98. The average Bonchev–Trinajstić information content (AvgIpc) is 2.50. The lowest BCUT2D eigenvalue weighted by molar-refractivity contribution is -0.140. The molecule has 0 bridgehead atoms. The minimum atomic E-state index is -0.111. The van der Waals surface area contributed by atoms with Gasteiger partial charge in [0.1, 0.15) is 0 Å². The van der Waals surface area contributed by atoms with Crippen molar-refractivity contribution in [2.75, 3.05) is 7.11 Å². The molecule has 0 unspecified atom stereocenters. The Morgan fingerprint density at radius 1 is 0.810 bits per heavy atom. The maximum Gasteiger partial charge on any atom is 0.305 e. The molecule has 0 saturated carbocycles. The molecule has 118 valence electrons. The number of hydrogen-bond donors (Lipinski definition) is 0. The number of carbonyl (C=O) groups excluding carboxylic acids is 1. The summed E-state index contributed by atoms with van der Waals surface area (Å²) >= 11 is 0. The van der Waals surface area contributed by atoms with Crippen LogP contribution in [0.4, 0.5) is 0 Å². The zero-order chi connectivity index (χ0) is 15.6. The van der Waals surface area contributed by atoms with E-state index in [1.54, 1.807) is 0 Å². The van der Waals surface area contributed by atoms with E-state index in [-0.39, 0.29) is 5.97 Å². The van der Waals surface area contributed by atoms with Crippen LogP contribution in [0.3, 0.4) is 0 Å². The van der Waals surface area contributed by atoms with E-state index in [1.165, 1.54) is 7.11 Å². The third kappa shape index (κ3) is 16.4. The molecule has 0 aromatic rings. The Morgan fingerprint density at radius 2 is 1.33 bits per heavy atom. The van der Waals surface area contributed by atoms with Crippen molar-refractivity contribution >= 4 is 5.97 Å². The fourth-order valence-corrected chi connectivity index (χ4v) is 1.73. The molecule has 0 rings (SSSR count). The predicted molar refractivity (Wildman–Crippen MR) is 91.2 cm³/mol. The van der Waals surface area contributed by atoms with Gasteiger partial charge in [0.2, 0.25) is 0 Å². The van der Waals surface area contributed by atoms with Gasteiger partial charge in [-0.15, -0.1) is 0 Å². The van der Waals surface area contributed by atoms with Crippen molar-refractivity contribution in [3.63, 3.8) is 0 Å². The van der Waals surface area contributed by atoms with Crippen LogP contribution in [0.25, 0.3) is 0 Å². The van der Waals surface area contributed by atoms with Gasteiger partial charge in [-0.1, -0.05) is 55.5 Å². The molecule has 0 fully saturated rings. The minimum absolute atomic E-state index is 0.111. The minimum Gasteiger partial charge on any atom is -0.469 e. The van der Waals surface area contributed by atoms with E-state index < -0.39 is 0 Å². The first-order valence-corrected chi connectivity index (χ1v) is 7.98. The molecule has 21 heavy (non-hydrogen) atoms. The van der Waals surface area contributed by atoms with E-state index in [0.29, 0.717) is 6.42 Å². The van der Waals surface area contributed by atoms with Gasteiger partial charge in [-0.05, 0) is 44.9 Å². The topological polar surface area (TPSA) is 26.3 Å². The van der Waals surface area contributed by atoms with E-state index in [2.05, 4.69) is 60.3 Å². The Labute approximate surface area is 130 Å². The van der Waals surface area contributed by atoms with Gasteiger partial charge in [0.15, 0.2) is 0 Å². The molecule has 0 aromatic heterocycles. The normalized spacial score (nSPS) is 12.3. The summed E-state index contributed by atoms with van der Waals surface area (Å²) in [4.78, 5) is 10.9. The maximum absolute atomic E-state index is 10.9. The Hall–Kier alpha value is -1.57. The Bertz CT molecular complexity index is 349. The van der Waals surface area contributed by atoms with Gasteiger partial charge in [-0.3, -0.25) is 4.79 Å². The predicted octanol–water partition coefficient (Wildman–Crippen LogP) is 5.52. The summed E-state index contributed by atoms with van der Waals surface area (Å²) in [6.45, 7) is 2.15. The third-order valence-electron chi connectivity index (χ3n) is 2.95. The highest BCUT2D eigenvalue weighted by molar-refractivity contribution is 5.68. The standard InChI is InChI=1S/C19H30O2/c1-3-4-5-6-7-8-9-10-11-12-13-14-15-16-17-18-19(20)21-2/h4-5,7-8,10-11,13-14H,3,6,9,12,15-18H2,1-2H3/b5-4+,8-7+,11-10+,14-13+. The van der Waals surface area contributed by atoms with Crippen LogP contribution in [-0.4, -0.2) is 13.1 Å². The number of esters is 1. The van der Waals surface area contributed by atoms with Crippen LogP contribution in [0.1, 0.15) is 58.3 Å². The molecular weight excluding hydrogens is 260 g/mol.